The molecule has 2 heterocycles. The summed E-state index contributed by atoms with van der Waals surface area (Å²) in [5, 5.41) is 0. The molecule has 2 saturated heterocycles. The molecule has 2 fully saturated rings. The number of aryl methyl sites for hydroxylation is 1. The molecular formula is C16H23FN2. The first-order chi connectivity index (χ1) is 9.24. The van der Waals surface area contributed by atoms with E-state index >= 15 is 0 Å². The minimum absolute atomic E-state index is 0.0698. The zero-order valence-electron chi connectivity index (χ0n) is 11.7. The molecule has 0 saturated carbocycles. The number of hydrogen-bond acceptors (Lipinski definition) is 2. The molecule has 0 unspecified atom stereocenters. The lowest BCUT2D eigenvalue weighted by atomic mass is 10.0. The maximum atomic E-state index is 14.0. The Labute approximate surface area is 115 Å². The van der Waals surface area contributed by atoms with Gasteiger partial charge in [-0.15, -0.1) is 0 Å². The molecule has 1 aromatic rings. The molecule has 2 aliphatic heterocycles. The van der Waals surface area contributed by atoms with Crippen LogP contribution in [0.15, 0.2) is 18.2 Å². The molecule has 0 N–H and O–H groups in total. The van der Waals surface area contributed by atoms with Crippen LogP contribution in [0.4, 0.5) is 10.1 Å². The second-order valence-corrected chi connectivity index (χ2v) is 5.92. The van der Waals surface area contributed by atoms with Crippen molar-refractivity contribution >= 4 is 5.69 Å². The van der Waals surface area contributed by atoms with Gasteiger partial charge in [0.25, 0.3) is 0 Å². The normalized spacial score (nSPS) is 22.1. The molecule has 0 bridgehead atoms. The highest BCUT2D eigenvalue weighted by atomic mass is 19.1. The van der Waals surface area contributed by atoms with Gasteiger partial charge in [-0.2, -0.15) is 0 Å². The van der Waals surface area contributed by atoms with Gasteiger partial charge in [-0.1, -0.05) is 6.07 Å². The molecule has 0 atom stereocenters. The monoisotopic (exact) mass is 262 g/mol. The van der Waals surface area contributed by atoms with E-state index in [0.29, 0.717) is 0 Å². The van der Waals surface area contributed by atoms with Crippen LogP contribution >= 0.6 is 0 Å². The van der Waals surface area contributed by atoms with Crippen molar-refractivity contribution in [3.05, 3.63) is 29.6 Å². The van der Waals surface area contributed by atoms with Crippen molar-refractivity contribution in [2.24, 2.45) is 0 Å². The van der Waals surface area contributed by atoms with Crippen molar-refractivity contribution in [1.82, 2.24) is 4.90 Å². The van der Waals surface area contributed by atoms with Crippen LogP contribution < -0.4 is 4.90 Å². The van der Waals surface area contributed by atoms with Gasteiger partial charge < -0.3 is 9.80 Å². The van der Waals surface area contributed by atoms with Crippen molar-refractivity contribution in [1.29, 1.82) is 0 Å². The first kappa shape index (κ1) is 12.9. The summed E-state index contributed by atoms with van der Waals surface area (Å²) in [4.78, 5) is 4.84. The highest BCUT2D eigenvalue weighted by molar-refractivity contribution is 5.49. The molecule has 0 aliphatic carbocycles. The van der Waals surface area contributed by atoms with E-state index in [-0.39, 0.29) is 5.82 Å². The van der Waals surface area contributed by atoms with Gasteiger partial charge in [0, 0.05) is 19.1 Å². The third-order valence-electron chi connectivity index (χ3n) is 4.57. The van der Waals surface area contributed by atoms with Crippen LogP contribution in [-0.4, -0.2) is 37.1 Å². The van der Waals surface area contributed by atoms with Crippen molar-refractivity contribution in [3.63, 3.8) is 0 Å². The summed E-state index contributed by atoms with van der Waals surface area (Å²) in [6.07, 6.45) is 5.06. The van der Waals surface area contributed by atoms with Crippen LogP contribution in [0.1, 0.15) is 31.2 Å². The van der Waals surface area contributed by atoms with E-state index in [0.717, 1.165) is 30.4 Å². The Balaban J connectivity index is 1.63. The first-order valence-electron chi connectivity index (χ1n) is 7.49. The van der Waals surface area contributed by atoms with Crippen molar-refractivity contribution in [3.8, 4) is 0 Å². The number of nitrogens with zero attached hydrogens (tertiary/aromatic N) is 2. The van der Waals surface area contributed by atoms with E-state index in [2.05, 4.69) is 9.80 Å². The quantitative estimate of drug-likeness (QED) is 0.807. The molecule has 0 aromatic heterocycles. The zero-order chi connectivity index (χ0) is 13.2. The van der Waals surface area contributed by atoms with Gasteiger partial charge in [-0.25, -0.2) is 4.39 Å². The minimum atomic E-state index is -0.0698. The van der Waals surface area contributed by atoms with Crippen molar-refractivity contribution in [2.75, 3.05) is 31.1 Å². The number of rotatable bonds is 2. The standard InChI is InChI=1S/C16H23FN2/c1-13-4-5-16(15(17)12-13)19-10-6-14(7-11-19)18-8-2-3-9-18/h4-5,12,14H,2-3,6-11H2,1H3. The average molecular weight is 262 g/mol. The van der Waals surface area contributed by atoms with Crippen molar-refractivity contribution in [2.45, 2.75) is 38.6 Å². The molecule has 1 aromatic carbocycles. The summed E-state index contributed by atoms with van der Waals surface area (Å²) in [5.74, 6) is -0.0698. The summed E-state index contributed by atoms with van der Waals surface area (Å²) in [6, 6.07) is 6.31. The fourth-order valence-corrected chi connectivity index (χ4v) is 3.45. The lowest BCUT2D eigenvalue weighted by molar-refractivity contribution is 0.207. The molecule has 3 heteroatoms. The van der Waals surface area contributed by atoms with E-state index in [1.165, 1.54) is 38.8 Å². The number of halogens is 1. The molecule has 0 radical (unpaired) electrons. The number of likely N-dealkylation sites (tertiary alicyclic amines) is 1. The van der Waals surface area contributed by atoms with E-state index in [1.54, 1.807) is 6.07 Å². The summed E-state index contributed by atoms with van der Waals surface area (Å²) in [7, 11) is 0. The van der Waals surface area contributed by atoms with Crippen LogP contribution in [0.3, 0.4) is 0 Å². The Bertz CT molecular complexity index is 432. The number of hydrogen-bond donors (Lipinski definition) is 0. The number of piperidine rings is 1. The lowest BCUT2D eigenvalue weighted by Crippen LogP contribution is -2.44. The van der Waals surface area contributed by atoms with Crippen LogP contribution in [0.5, 0.6) is 0 Å². The molecule has 0 spiro atoms. The maximum Gasteiger partial charge on any atom is 0.146 e. The molecular weight excluding hydrogens is 239 g/mol. The summed E-state index contributed by atoms with van der Waals surface area (Å²) >= 11 is 0. The van der Waals surface area contributed by atoms with Gasteiger partial charge in [0.15, 0.2) is 0 Å². The number of anilines is 1. The predicted octanol–water partition coefficient (Wildman–Crippen LogP) is 3.20. The van der Waals surface area contributed by atoms with Crippen LogP contribution in [-0.2, 0) is 0 Å². The van der Waals surface area contributed by atoms with E-state index in [9.17, 15) is 4.39 Å². The Morgan fingerprint density at radius 3 is 2.37 bits per heavy atom. The topological polar surface area (TPSA) is 6.48 Å². The second kappa shape index (κ2) is 5.49. The van der Waals surface area contributed by atoms with Gasteiger partial charge in [0.1, 0.15) is 5.82 Å². The summed E-state index contributed by atoms with van der Waals surface area (Å²) < 4.78 is 14.0. The van der Waals surface area contributed by atoms with Gasteiger partial charge in [-0.05, 0) is 63.4 Å². The molecule has 19 heavy (non-hydrogen) atoms. The Morgan fingerprint density at radius 2 is 1.74 bits per heavy atom. The van der Waals surface area contributed by atoms with Gasteiger partial charge >= 0.3 is 0 Å². The van der Waals surface area contributed by atoms with E-state index < -0.39 is 0 Å². The van der Waals surface area contributed by atoms with Gasteiger partial charge in [-0.3, -0.25) is 0 Å². The Kier molecular flexibility index (Phi) is 3.74. The average Bonchev–Trinajstić information content (AvgIpc) is 2.93. The third-order valence-corrected chi connectivity index (χ3v) is 4.57. The van der Waals surface area contributed by atoms with E-state index in [1.807, 2.05) is 19.1 Å². The lowest BCUT2D eigenvalue weighted by Gasteiger charge is -2.37. The van der Waals surface area contributed by atoms with Crippen molar-refractivity contribution < 1.29 is 4.39 Å². The fraction of sp³-hybridized carbons (Fsp3) is 0.625. The summed E-state index contributed by atoms with van der Waals surface area (Å²) in [5.41, 5.74) is 1.78. The smallest absolute Gasteiger partial charge is 0.146 e. The minimum Gasteiger partial charge on any atom is -0.369 e. The predicted molar refractivity (Wildman–Crippen MR) is 77.2 cm³/mol. The summed E-state index contributed by atoms with van der Waals surface area (Å²) in [6.45, 7) is 6.45. The SMILES string of the molecule is Cc1ccc(N2CCC(N3CCCC3)CC2)c(F)c1. The van der Waals surface area contributed by atoms with Crippen LogP contribution in [0.25, 0.3) is 0 Å². The Hall–Kier alpha value is -1.09. The maximum absolute atomic E-state index is 14.0. The van der Waals surface area contributed by atoms with E-state index in [4.69, 9.17) is 0 Å². The largest absolute Gasteiger partial charge is 0.369 e. The molecule has 2 aliphatic rings. The molecule has 104 valence electrons. The zero-order valence-corrected chi connectivity index (χ0v) is 11.7. The number of benzene rings is 1. The van der Waals surface area contributed by atoms with Gasteiger partial charge in [0.2, 0.25) is 0 Å². The highest BCUT2D eigenvalue weighted by Crippen LogP contribution is 2.27. The Morgan fingerprint density at radius 1 is 1.05 bits per heavy atom. The van der Waals surface area contributed by atoms with Gasteiger partial charge in [0.05, 0.1) is 5.69 Å². The second-order valence-electron chi connectivity index (χ2n) is 5.92. The fourth-order valence-electron chi connectivity index (χ4n) is 3.45. The first-order valence-corrected chi connectivity index (χ1v) is 7.49. The molecule has 0 amide bonds. The molecule has 3 rings (SSSR count). The molecule has 2 nitrogen and oxygen atoms in total. The van der Waals surface area contributed by atoms with Crippen LogP contribution in [0.2, 0.25) is 0 Å². The third kappa shape index (κ3) is 2.76. The van der Waals surface area contributed by atoms with Crippen LogP contribution in [0, 0.1) is 12.7 Å². The highest BCUT2D eigenvalue weighted by Gasteiger charge is 2.27.